The molecule has 1 aromatic rings. The number of allylic oxidation sites excluding steroid dienone is 4. The van der Waals surface area contributed by atoms with Gasteiger partial charge in [-0.1, -0.05) is 36.4 Å². The summed E-state index contributed by atoms with van der Waals surface area (Å²) in [6.07, 6.45) is 8.76. The average molecular weight is 388 g/mol. The molecule has 1 saturated carbocycles. The molecule has 0 spiro atoms. The van der Waals surface area contributed by atoms with Crippen LogP contribution in [-0.2, 0) is 20.6 Å². The standard InChI is InChI=1S/C16H18O2.C6H11NOS/c1-5-12-8-13(17)15(16(12)18)14-10(3)6-9(2)7-11(14)4;1-4-5-6-7(2)9(3)8/h5-7,15H,8H2,1-4H3;4-6H,1H2,2-3H3/b12-5+;6-5-. The second-order valence-corrected chi connectivity index (χ2v) is 8.04. The molecule has 1 aliphatic carbocycles. The van der Waals surface area contributed by atoms with Crippen LogP contribution < -0.4 is 0 Å². The number of nitrogens with zero attached hydrogens (tertiary/aromatic N) is 1. The van der Waals surface area contributed by atoms with E-state index in [2.05, 4.69) is 6.58 Å². The molecule has 2 unspecified atom stereocenters. The van der Waals surface area contributed by atoms with Crippen LogP contribution in [0.1, 0.15) is 41.5 Å². The molecule has 2 atom stereocenters. The number of hydrogen-bond donors (Lipinski definition) is 0. The first-order chi connectivity index (χ1) is 12.6. The van der Waals surface area contributed by atoms with E-state index in [1.54, 1.807) is 42.0 Å². The van der Waals surface area contributed by atoms with Crippen molar-refractivity contribution in [3.05, 3.63) is 71.0 Å². The zero-order valence-electron chi connectivity index (χ0n) is 17.0. The number of rotatable bonds is 4. The van der Waals surface area contributed by atoms with Gasteiger partial charge in [-0.05, 0) is 56.0 Å². The summed E-state index contributed by atoms with van der Waals surface area (Å²) in [4.78, 5) is 24.3. The molecule has 0 aromatic heterocycles. The van der Waals surface area contributed by atoms with Gasteiger partial charge in [0, 0.05) is 25.9 Å². The van der Waals surface area contributed by atoms with E-state index in [1.807, 2.05) is 39.8 Å². The lowest BCUT2D eigenvalue weighted by atomic mass is 9.87. The number of carbonyl (C=O) groups is 2. The first-order valence-corrected chi connectivity index (χ1v) is 10.3. The monoisotopic (exact) mass is 387 g/mol. The second kappa shape index (κ2) is 10.2. The van der Waals surface area contributed by atoms with Crippen molar-refractivity contribution in [3.63, 3.8) is 0 Å². The van der Waals surface area contributed by atoms with Crippen molar-refractivity contribution in [2.45, 2.75) is 40.0 Å². The minimum Gasteiger partial charge on any atom is -0.302 e. The van der Waals surface area contributed by atoms with Crippen LogP contribution in [0, 0.1) is 20.8 Å². The first kappa shape index (κ1) is 22.8. The summed E-state index contributed by atoms with van der Waals surface area (Å²) < 4.78 is 12.2. The molecule has 0 bridgehead atoms. The maximum absolute atomic E-state index is 12.2. The molecule has 0 amide bonds. The number of benzene rings is 1. The summed E-state index contributed by atoms with van der Waals surface area (Å²) in [7, 11) is 0.833. The van der Waals surface area contributed by atoms with Crippen molar-refractivity contribution >= 4 is 22.6 Å². The van der Waals surface area contributed by atoms with Crippen molar-refractivity contribution in [3.8, 4) is 0 Å². The van der Waals surface area contributed by atoms with Crippen LogP contribution in [0.3, 0.4) is 0 Å². The Morgan fingerprint density at radius 3 is 2.15 bits per heavy atom. The Balaban J connectivity index is 0.000000345. The second-order valence-electron chi connectivity index (χ2n) is 6.61. The van der Waals surface area contributed by atoms with Crippen molar-refractivity contribution in [2.75, 3.05) is 13.3 Å². The predicted molar refractivity (Wildman–Crippen MR) is 113 cm³/mol. The van der Waals surface area contributed by atoms with Gasteiger partial charge in [0.25, 0.3) is 0 Å². The van der Waals surface area contributed by atoms with Crippen LogP contribution in [-0.4, -0.2) is 33.4 Å². The number of Topliss-reactive ketones (excluding diaryl/α,β-unsaturated/α-hetero) is 2. The lowest BCUT2D eigenvalue weighted by Gasteiger charge is -2.15. The highest BCUT2D eigenvalue weighted by Gasteiger charge is 2.39. The summed E-state index contributed by atoms with van der Waals surface area (Å²) in [5, 5.41) is 0. The Labute approximate surface area is 165 Å². The molecule has 4 nitrogen and oxygen atoms in total. The Kier molecular flexibility index (Phi) is 8.57. The van der Waals surface area contributed by atoms with Gasteiger partial charge in [-0.3, -0.25) is 9.59 Å². The van der Waals surface area contributed by atoms with Crippen molar-refractivity contribution in [2.24, 2.45) is 0 Å². The molecule has 27 heavy (non-hydrogen) atoms. The third kappa shape index (κ3) is 5.86. The zero-order valence-corrected chi connectivity index (χ0v) is 17.9. The molecule has 146 valence electrons. The van der Waals surface area contributed by atoms with Gasteiger partial charge in [-0.2, -0.15) is 0 Å². The fraction of sp³-hybridized carbons (Fsp3) is 0.364. The molecule has 1 aliphatic rings. The fourth-order valence-corrected chi connectivity index (χ4v) is 3.40. The summed E-state index contributed by atoms with van der Waals surface area (Å²) in [6.45, 7) is 11.3. The Morgan fingerprint density at radius 1 is 1.19 bits per heavy atom. The molecule has 0 radical (unpaired) electrons. The molecule has 0 saturated heterocycles. The normalized spacial score (nSPS) is 19.2. The molecule has 0 aliphatic heterocycles. The lowest BCUT2D eigenvalue weighted by molar-refractivity contribution is -0.123. The molecule has 5 heteroatoms. The Morgan fingerprint density at radius 2 is 1.74 bits per heavy atom. The van der Waals surface area contributed by atoms with Crippen molar-refractivity contribution in [1.29, 1.82) is 0 Å². The van der Waals surface area contributed by atoms with Gasteiger partial charge in [0.05, 0.1) is 0 Å². The van der Waals surface area contributed by atoms with Gasteiger partial charge < -0.3 is 4.31 Å². The van der Waals surface area contributed by atoms with Gasteiger partial charge in [0.2, 0.25) is 0 Å². The largest absolute Gasteiger partial charge is 0.302 e. The SMILES string of the molecule is C/C=C1\CC(=O)C(c2c(C)cc(C)cc2C)C1=O.C=C/C=C\N(C)S(C)=O. The molecule has 2 rings (SSSR count). The number of aryl methyl sites for hydroxylation is 3. The van der Waals surface area contributed by atoms with Crippen LogP contribution in [0.2, 0.25) is 0 Å². The molecule has 0 heterocycles. The van der Waals surface area contributed by atoms with E-state index < -0.39 is 16.9 Å². The topological polar surface area (TPSA) is 54.5 Å². The molecule has 1 aromatic carbocycles. The summed E-state index contributed by atoms with van der Waals surface area (Å²) in [5.41, 5.74) is 4.81. The minimum atomic E-state index is -0.913. The van der Waals surface area contributed by atoms with E-state index in [9.17, 15) is 13.8 Å². The lowest BCUT2D eigenvalue weighted by Crippen LogP contribution is -2.15. The van der Waals surface area contributed by atoms with Crippen molar-refractivity contribution < 1.29 is 13.8 Å². The Hall–Kier alpha value is -2.27. The van der Waals surface area contributed by atoms with Gasteiger partial charge in [-0.25, -0.2) is 4.21 Å². The quantitative estimate of drug-likeness (QED) is 0.444. The molecule has 0 N–H and O–H groups in total. The predicted octanol–water partition coefficient (Wildman–Crippen LogP) is 4.10. The number of hydrogen-bond acceptors (Lipinski definition) is 3. The summed E-state index contributed by atoms with van der Waals surface area (Å²) >= 11 is 0. The summed E-state index contributed by atoms with van der Waals surface area (Å²) in [6, 6.07) is 4.08. The van der Waals surface area contributed by atoms with Crippen LogP contribution in [0.25, 0.3) is 0 Å². The third-order valence-corrected chi connectivity index (χ3v) is 5.41. The van der Waals surface area contributed by atoms with Crippen LogP contribution in [0.4, 0.5) is 0 Å². The van der Waals surface area contributed by atoms with Crippen molar-refractivity contribution in [1.82, 2.24) is 4.31 Å². The van der Waals surface area contributed by atoms with Crippen LogP contribution >= 0.6 is 0 Å². The highest BCUT2D eigenvalue weighted by atomic mass is 32.2. The van der Waals surface area contributed by atoms with Crippen LogP contribution in [0.5, 0.6) is 0 Å². The molecular weight excluding hydrogens is 358 g/mol. The van der Waals surface area contributed by atoms with Gasteiger partial charge >= 0.3 is 0 Å². The van der Waals surface area contributed by atoms with E-state index in [-0.39, 0.29) is 18.0 Å². The number of ketones is 2. The smallest absolute Gasteiger partial charge is 0.173 e. The first-order valence-electron chi connectivity index (χ1n) is 8.79. The molecule has 1 fully saturated rings. The van der Waals surface area contributed by atoms with Gasteiger partial charge in [-0.15, -0.1) is 0 Å². The third-order valence-electron chi connectivity index (χ3n) is 4.48. The number of carbonyl (C=O) groups excluding carboxylic acids is 2. The van der Waals surface area contributed by atoms with E-state index in [0.29, 0.717) is 5.57 Å². The van der Waals surface area contributed by atoms with Gasteiger partial charge in [0.1, 0.15) is 16.9 Å². The van der Waals surface area contributed by atoms with Crippen LogP contribution in [0.15, 0.2) is 48.7 Å². The fourth-order valence-electron chi connectivity index (χ4n) is 3.16. The van der Waals surface area contributed by atoms with E-state index in [4.69, 9.17) is 0 Å². The maximum atomic E-state index is 12.2. The highest BCUT2D eigenvalue weighted by Crippen LogP contribution is 2.35. The maximum Gasteiger partial charge on any atom is 0.173 e. The Bertz CT molecular complexity index is 798. The summed E-state index contributed by atoms with van der Waals surface area (Å²) in [5.74, 6) is -0.558. The van der Waals surface area contributed by atoms with E-state index in [0.717, 1.165) is 22.3 Å². The average Bonchev–Trinajstić information content (AvgIpc) is 2.87. The highest BCUT2D eigenvalue weighted by molar-refractivity contribution is 7.81. The van der Waals surface area contributed by atoms with E-state index >= 15 is 0 Å². The zero-order chi connectivity index (χ0) is 20.7. The van der Waals surface area contributed by atoms with E-state index in [1.165, 1.54) is 0 Å². The molecular formula is C22H29NO3S. The minimum absolute atomic E-state index is 0.0162. The van der Waals surface area contributed by atoms with Gasteiger partial charge in [0.15, 0.2) is 11.6 Å².